The summed E-state index contributed by atoms with van der Waals surface area (Å²) in [6.07, 6.45) is 0. The lowest BCUT2D eigenvalue weighted by Gasteiger charge is -2.20. The van der Waals surface area contributed by atoms with Crippen molar-refractivity contribution in [3.63, 3.8) is 0 Å². The molecule has 3 heteroatoms. The lowest BCUT2D eigenvalue weighted by atomic mass is 9.86. The van der Waals surface area contributed by atoms with Crippen LogP contribution in [0.2, 0.25) is 0 Å². The van der Waals surface area contributed by atoms with Crippen LogP contribution in [0.3, 0.4) is 0 Å². The minimum absolute atomic E-state index is 0.00157. The van der Waals surface area contributed by atoms with Gasteiger partial charge in [0.2, 0.25) is 5.88 Å². The molecular formula is C18H23NO2. The van der Waals surface area contributed by atoms with Crippen molar-refractivity contribution >= 4 is 0 Å². The van der Waals surface area contributed by atoms with Crippen LogP contribution >= 0.6 is 0 Å². The molecule has 2 aromatic rings. The molecule has 1 aromatic heterocycles. The normalized spacial score (nSPS) is 11.5. The molecule has 0 saturated carbocycles. The highest BCUT2D eigenvalue weighted by Crippen LogP contribution is 2.30. The van der Waals surface area contributed by atoms with Gasteiger partial charge in [-0.3, -0.25) is 0 Å². The van der Waals surface area contributed by atoms with E-state index >= 15 is 0 Å². The molecule has 0 aliphatic heterocycles. The highest BCUT2D eigenvalue weighted by Gasteiger charge is 2.15. The molecule has 0 fully saturated rings. The van der Waals surface area contributed by atoms with Crippen LogP contribution in [0.4, 0.5) is 0 Å². The zero-order chi connectivity index (χ0) is 15.6. The van der Waals surface area contributed by atoms with E-state index in [1.807, 2.05) is 26.0 Å². The zero-order valence-corrected chi connectivity index (χ0v) is 13.4. The Morgan fingerprint density at radius 1 is 1.10 bits per heavy atom. The molecule has 0 atom stereocenters. The molecule has 0 radical (unpaired) electrons. The summed E-state index contributed by atoms with van der Waals surface area (Å²) in [5.41, 5.74) is 4.11. The monoisotopic (exact) mass is 285 g/mol. The summed E-state index contributed by atoms with van der Waals surface area (Å²) < 4.78 is 5.86. The SMILES string of the molecule is Cc1cc(C(C)(C)C)ccc1Oc1ccc(CO)c(C)n1. The molecule has 1 heterocycles. The summed E-state index contributed by atoms with van der Waals surface area (Å²) in [6, 6.07) is 9.88. The summed E-state index contributed by atoms with van der Waals surface area (Å²) >= 11 is 0. The molecule has 0 saturated heterocycles. The fourth-order valence-electron chi connectivity index (χ4n) is 2.13. The predicted octanol–water partition coefficient (Wildman–Crippen LogP) is 4.28. The average molecular weight is 285 g/mol. The molecule has 1 aromatic carbocycles. The standard InChI is InChI=1S/C18H23NO2/c1-12-10-15(18(3,4)5)7-8-16(12)21-17-9-6-14(11-20)13(2)19-17/h6-10,20H,11H2,1-5H3. The van der Waals surface area contributed by atoms with Crippen molar-refractivity contribution in [3.8, 4) is 11.6 Å². The van der Waals surface area contributed by atoms with Gasteiger partial charge in [-0.2, -0.15) is 0 Å². The number of aryl methyl sites for hydroxylation is 2. The Bertz CT molecular complexity index is 642. The smallest absolute Gasteiger partial charge is 0.219 e. The number of rotatable bonds is 3. The lowest BCUT2D eigenvalue weighted by Crippen LogP contribution is -2.11. The van der Waals surface area contributed by atoms with Crippen LogP contribution < -0.4 is 4.74 Å². The quantitative estimate of drug-likeness (QED) is 0.915. The molecule has 0 unspecified atom stereocenters. The first-order chi connectivity index (χ1) is 9.81. The first kappa shape index (κ1) is 15.5. The van der Waals surface area contributed by atoms with Crippen molar-refractivity contribution in [2.45, 2.75) is 46.6 Å². The average Bonchev–Trinajstić information content (AvgIpc) is 2.40. The molecule has 1 N–H and O–H groups in total. The summed E-state index contributed by atoms with van der Waals surface area (Å²) in [4.78, 5) is 4.37. The minimum Gasteiger partial charge on any atom is -0.439 e. The van der Waals surface area contributed by atoms with Gasteiger partial charge in [0.25, 0.3) is 0 Å². The number of benzene rings is 1. The first-order valence-corrected chi connectivity index (χ1v) is 7.17. The number of aromatic nitrogens is 1. The molecule has 0 amide bonds. The van der Waals surface area contributed by atoms with E-state index in [1.54, 1.807) is 6.07 Å². The van der Waals surface area contributed by atoms with Gasteiger partial charge in [-0.15, -0.1) is 0 Å². The number of nitrogens with zero attached hydrogens (tertiary/aromatic N) is 1. The second-order valence-corrected chi connectivity index (χ2v) is 6.38. The Morgan fingerprint density at radius 2 is 1.81 bits per heavy atom. The van der Waals surface area contributed by atoms with Gasteiger partial charge >= 0.3 is 0 Å². The summed E-state index contributed by atoms with van der Waals surface area (Å²) in [5.74, 6) is 1.36. The van der Waals surface area contributed by atoms with Gasteiger partial charge in [0.15, 0.2) is 0 Å². The van der Waals surface area contributed by atoms with E-state index < -0.39 is 0 Å². The summed E-state index contributed by atoms with van der Waals surface area (Å²) in [7, 11) is 0. The molecule has 0 spiro atoms. The Balaban J connectivity index is 2.26. The summed E-state index contributed by atoms with van der Waals surface area (Å²) in [6.45, 7) is 10.5. The van der Waals surface area contributed by atoms with Crippen molar-refractivity contribution in [2.24, 2.45) is 0 Å². The summed E-state index contributed by atoms with van der Waals surface area (Å²) in [5, 5.41) is 9.17. The maximum atomic E-state index is 9.17. The van der Waals surface area contributed by atoms with Gasteiger partial charge in [0.05, 0.1) is 6.61 Å². The molecule has 112 valence electrons. The fraction of sp³-hybridized carbons (Fsp3) is 0.389. The van der Waals surface area contributed by atoms with E-state index in [9.17, 15) is 0 Å². The molecule has 0 aliphatic carbocycles. The van der Waals surface area contributed by atoms with Gasteiger partial charge in [-0.05, 0) is 48.1 Å². The predicted molar refractivity (Wildman–Crippen MR) is 84.8 cm³/mol. The molecule has 21 heavy (non-hydrogen) atoms. The topological polar surface area (TPSA) is 42.4 Å². The number of hydrogen-bond acceptors (Lipinski definition) is 3. The van der Waals surface area contributed by atoms with Crippen LogP contribution in [0.1, 0.15) is 43.2 Å². The van der Waals surface area contributed by atoms with Gasteiger partial charge in [0.1, 0.15) is 5.75 Å². The maximum absolute atomic E-state index is 9.17. The van der Waals surface area contributed by atoms with Crippen molar-refractivity contribution in [1.82, 2.24) is 4.98 Å². The third kappa shape index (κ3) is 3.61. The number of pyridine rings is 1. The van der Waals surface area contributed by atoms with E-state index in [-0.39, 0.29) is 12.0 Å². The van der Waals surface area contributed by atoms with E-state index in [2.05, 4.69) is 37.9 Å². The molecule has 0 aliphatic rings. The van der Waals surface area contributed by atoms with E-state index in [0.29, 0.717) is 5.88 Å². The van der Waals surface area contributed by atoms with E-state index in [4.69, 9.17) is 9.84 Å². The highest BCUT2D eigenvalue weighted by atomic mass is 16.5. The van der Waals surface area contributed by atoms with Crippen LogP contribution in [-0.2, 0) is 12.0 Å². The largest absolute Gasteiger partial charge is 0.439 e. The van der Waals surface area contributed by atoms with Crippen molar-refractivity contribution < 1.29 is 9.84 Å². The highest BCUT2D eigenvalue weighted by molar-refractivity contribution is 5.40. The van der Waals surface area contributed by atoms with Crippen molar-refractivity contribution in [2.75, 3.05) is 0 Å². The van der Waals surface area contributed by atoms with Gasteiger partial charge in [-0.1, -0.05) is 32.9 Å². The van der Waals surface area contributed by atoms with Crippen LogP contribution in [0.15, 0.2) is 30.3 Å². The Hall–Kier alpha value is -1.87. The molecule has 3 nitrogen and oxygen atoms in total. The second kappa shape index (κ2) is 5.86. The number of hydrogen-bond donors (Lipinski definition) is 1. The van der Waals surface area contributed by atoms with Crippen LogP contribution in [0, 0.1) is 13.8 Å². The van der Waals surface area contributed by atoms with Crippen LogP contribution in [-0.4, -0.2) is 10.1 Å². The van der Waals surface area contributed by atoms with Gasteiger partial charge in [-0.25, -0.2) is 4.98 Å². The maximum Gasteiger partial charge on any atom is 0.219 e. The van der Waals surface area contributed by atoms with Gasteiger partial charge in [0, 0.05) is 11.8 Å². The second-order valence-electron chi connectivity index (χ2n) is 6.38. The van der Waals surface area contributed by atoms with E-state index in [1.165, 1.54) is 5.56 Å². The fourth-order valence-corrected chi connectivity index (χ4v) is 2.13. The van der Waals surface area contributed by atoms with Gasteiger partial charge < -0.3 is 9.84 Å². The van der Waals surface area contributed by atoms with Crippen molar-refractivity contribution in [1.29, 1.82) is 0 Å². The molecule has 2 rings (SSSR count). The minimum atomic E-state index is -0.00157. The van der Waals surface area contributed by atoms with Crippen LogP contribution in [0.25, 0.3) is 0 Å². The van der Waals surface area contributed by atoms with Crippen molar-refractivity contribution in [3.05, 3.63) is 52.7 Å². The Labute approximate surface area is 126 Å². The third-order valence-electron chi connectivity index (χ3n) is 3.60. The zero-order valence-electron chi connectivity index (χ0n) is 13.4. The lowest BCUT2D eigenvalue weighted by molar-refractivity contribution is 0.280. The number of aliphatic hydroxyl groups excluding tert-OH is 1. The number of aliphatic hydroxyl groups is 1. The molecular weight excluding hydrogens is 262 g/mol. The number of ether oxygens (including phenoxy) is 1. The third-order valence-corrected chi connectivity index (χ3v) is 3.60. The first-order valence-electron chi connectivity index (χ1n) is 7.17. The Morgan fingerprint density at radius 3 is 2.33 bits per heavy atom. The van der Waals surface area contributed by atoms with Crippen LogP contribution in [0.5, 0.6) is 11.6 Å². The van der Waals surface area contributed by atoms with E-state index in [0.717, 1.165) is 22.6 Å². The molecule has 0 bridgehead atoms. The Kier molecular flexibility index (Phi) is 4.33.